The molecule has 0 bridgehead atoms. The minimum Gasteiger partial charge on any atom is -0.365 e. The standard InChI is InChI=1S/C18H20BrF6N3O/c1-4-10(3)15(27-28(5-2)9-14(19)16(26)29)11-6-12(17(20,21)22)8-13(7-11)18(23,24)25/h5-10,15,27H,2,4H2,1,3H3,(H2,26,29)/b14-9-/t10-,15?/m1/s1. The molecule has 1 rings (SSSR count). The molecule has 3 N–H and O–H groups in total. The second-order valence-corrected chi connectivity index (χ2v) is 7.12. The molecule has 1 aromatic carbocycles. The lowest BCUT2D eigenvalue weighted by atomic mass is 9.90. The van der Waals surface area contributed by atoms with Crippen LogP contribution in [0.15, 0.2) is 41.7 Å². The maximum Gasteiger partial charge on any atom is 0.416 e. The first-order chi connectivity index (χ1) is 13.2. The average molecular weight is 488 g/mol. The zero-order chi connectivity index (χ0) is 22.6. The van der Waals surface area contributed by atoms with Crippen LogP contribution in [-0.4, -0.2) is 10.9 Å². The van der Waals surface area contributed by atoms with Gasteiger partial charge in [0.25, 0.3) is 5.91 Å². The van der Waals surface area contributed by atoms with Crippen LogP contribution in [0.2, 0.25) is 0 Å². The predicted octanol–water partition coefficient (Wildman–Crippen LogP) is 5.48. The van der Waals surface area contributed by atoms with E-state index in [1.165, 1.54) is 12.4 Å². The van der Waals surface area contributed by atoms with Crippen LogP contribution in [0, 0.1) is 5.92 Å². The molecule has 0 aromatic heterocycles. The van der Waals surface area contributed by atoms with Crippen molar-refractivity contribution >= 4 is 21.8 Å². The second kappa shape index (κ2) is 9.66. The van der Waals surface area contributed by atoms with Crippen molar-refractivity contribution in [2.75, 3.05) is 0 Å². The van der Waals surface area contributed by atoms with Crippen LogP contribution in [0.5, 0.6) is 0 Å². The van der Waals surface area contributed by atoms with E-state index in [1.807, 2.05) is 0 Å². The molecule has 4 nitrogen and oxygen atoms in total. The Balaban J connectivity index is 3.53. The maximum absolute atomic E-state index is 13.2. The summed E-state index contributed by atoms with van der Waals surface area (Å²) in [5.74, 6) is -1.19. The molecule has 162 valence electrons. The molecule has 0 radical (unpaired) electrons. The number of benzene rings is 1. The van der Waals surface area contributed by atoms with Gasteiger partial charge in [0.15, 0.2) is 0 Å². The van der Waals surface area contributed by atoms with E-state index in [1.54, 1.807) is 13.8 Å². The van der Waals surface area contributed by atoms with Crippen molar-refractivity contribution in [2.24, 2.45) is 11.7 Å². The van der Waals surface area contributed by atoms with Crippen LogP contribution in [0.25, 0.3) is 0 Å². The smallest absolute Gasteiger partial charge is 0.365 e. The SMILES string of the molecule is C=CN(/C=C(\Br)C(N)=O)NC(c1cc(C(F)(F)F)cc(C(F)(F)F)c1)[C@H](C)CC. The Labute approximate surface area is 172 Å². The van der Waals surface area contributed by atoms with Crippen LogP contribution >= 0.6 is 15.9 Å². The van der Waals surface area contributed by atoms with E-state index in [0.29, 0.717) is 18.6 Å². The van der Waals surface area contributed by atoms with Gasteiger partial charge < -0.3 is 5.73 Å². The van der Waals surface area contributed by atoms with Gasteiger partial charge in [-0.3, -0.25) is 9.80 Å². The molecule has 1 unspecified atom stereocenters. The summed E-state index contributed by atoms with van der Waals surface area (Å²) in [6.07, 6.45) is -7.10. The van der Waals surface area contributed by atoms with E-state index >= 15 is 0 Å². The molecule has 1 amide bonds. The molecule has 0 aliphatic carbocycles. The summed E-state index contributed by atoms with van der Waals surface area (Å²) in [6, 6.07) is 0.470. The van der Waals surface area contributed by atoms with Gasteiger partial charge in [0.05, 0.1) is 21.7 Å². The number of hydrogen-bond donors (Lipinski definition) is 2. The molecular formula is C18H20BrF6N3O. The van der Waals surface area contributed by atoms with Crippen LogP contribution in [0.3, 0.4) is 0 Å². The van der Waals surface area contributed by atoms with Gasteiger partial charge in [-0.1, -0.05) is 26.8 Å². The van der Waals surface area contributed by atoms with Crippen LogP contribution in [-0.2, 0) is 17.1 Å². The number of rotatable bonds is 8. The monoisotopic (exact) mass is 487 g/mol. The van der Waals surface area contributed by atoms with Crippen LogP contribution < -0.4 is 11.2 Å². The number of nitrogens with one attached hydrogen (secondary N) is 1. The van der Waals surface area contributed by atoms with Crippen LogP contribution in [0.1, 0.15) is 43.0 Å². The number of halogens is 7. The Morgan fingerprint density at radius 1 is 1.21 bits per heavy atom. The fraction of sp³-hybridized carbons (Fsp3) is 0.389. The Morgan fingerprint density at radius 2 is 1.69 bits per heavy atom. The minimum absolute atomic E-state index is 0.0754. The number of hydrazine groups is 1. The molecule has 0 aliphatic heterocycles. The Morgan fingerprint density at radius 3 is 2.03 bits per heavy atom. The first-order valence-corrected chi connectivity index (χ1v) is 9.13. The van der Waals surface area contributed by atoms with Gasteiger partial charge >= 0.3 is 12.4 Å². The number of amides is 1. The third-order valence-electron chi connectivity index (χ3n) is 4.15. The largest absolute Gasteiger partial charge is 0.416 e. The molecular weight excluding hydrogens is 468 g/mol. The molecule has 0 spiro atoms. The van der Waals surface area contributed by atoms with Gasteiger partial charge in [-0.05, 0) is 45.6 Å². The summed E-state index contributed by atoms with van der Waals surface area (Å²) in [5, 5.41) is 1.14. The summed E-state index contributed by atoms with van der Waals surface area (Å²) >= 11 is 2.92. The van der Waals surface area contributed by atoms with Crippen molar-refractivity contribution in [3.63, 3.8) is 0 Å². The van der Waals surface area contributed by atoms with Crippen molar-refractivity contribution in [2.45, 2.75) is 38.7 Å². The van der Waals surface area contributed by atoms with Gasteiger partial charge in [-0.15, -0.1) is 0 Å². The highest BCUT2D eigenvalue weighted by Crippen LogP contribution is 2.38. The van der Waals surface area contributed by atoms with Gasteiger partial charge in [0, 0.05) is 12.4 Å². The molecule has 0 saturated heterocycles. The first-order valence-electron chi connectivity index (χ1n) is 8.34. The van der Waals surface area contributed by atoms with Gasteiger partial charge in [-0.2, -0.15) is 26.3 Å². The van der Waals surface area contributed by atoms with Crippen LogP contribution in [0.4, 0.5) is 26.3 Å². The highest BCUT2D eigenvalue weighted by molar-refractivity contribution is 9.12. The second-order valence-electron chi connectivity index (χ2n) is 6.26. The highest BCUT2D eigenvalue weighted by Gasteiger charge is 2.38. The third-order valence-corrected chi connectivity index (χ3v) is 4.75. The number of hydrogen-bond acceptors (Lipinski definition) is 3. The molecule has 0 heterocycles. The molecule has 2 atom stereocenters. The fourth-order valence-corrected chi connectivity index (χ4v) is 2.63. The van der Waals surface area contributed by atoms with Crippen molar-refractivity contribution in [1.82, 2.24) is 10.4 Å². The Kier molecular flexibility index (Phi) is 8.34. The molecule has 0 aliphatic rings. The third kappa shape index (κ3) is 7.07. The molecule has 0 saturated carbocycles. The maximum atomic E-state index is 13.2. The Bertz CT molecular complexity index is 744. The number of nitrogens with two attached hydrogens (primary N) is 1. The summed E-state index contributed by atoms with van der Waals surface area (Å²) in [7, 11) is 0. The molecule has 1 aromatic rings. The lowest BCUT2D eigenvalue weighted by molar-refractivity contribution is -0.143. The van der Waals surface area contributed by atoms with E-state index < -0.39 is 35.4 Å². The highest BCUT2D eigenvalue weighted by atomic mass is 79.9. The zero-order valence-electron chi connectivity index (χ0n) is 15.5. The summed E-state index contributed by atoms with van der Waals surface area (Å²) in [5.41, 5.74) is 4.87. The predicted molar refractivity (Wildman–Crippen MR) is 100 cm³/mol. The number of nitrogens with zero attached hydrogens (tertiary/aromatic N) is 1. The van der Waals surface area contributed by atoms with E-state index in [4.69, 9.17) is 5.73 Å². The number of carbonyl (C=O) groups excluding carboxylic acids is 1. The first kappa shape index (κ1) is 25.0. The lowest BCUT2D eigenvalue weighted by Crippen LogP contribution is -2.37. The zero-order valence-corrected chi connectivity index (χ0v) is 17.1. The van der Waals surface area contributed by atoms with Gasteiger partial charge in [-0.25, -0.2) is 5.43 Å². The van der Waals surface area contributed by atoms with E-state index in [-0.39, 0.29) is 22.0 Å². The van der Waals surface area contributed by atoms with E-state index in [0.717, 1.165) is 5.01 Å². The summed E-state index contributed by atoms with van der Waals surface area (Å²) < 4.78 is 79.1. The summed E-state index contributed by atoms with van der Waals surface area (Å²) in [6.45, 7) is 6.91. The number of carbonyl (C=O) groups is 1. The van der Waals surface area contributed by atoms with Crippen molar-refractivity contribution in [1.29, 1.82) is 0 Å². The van der Waals surface area contributed by atoms with Gasteiger partial charge in [0.2, 0.25) is 0 Å². The molecule has 11 heteroatoms. The van der Waals surface area contributed by atoms with Gasteiger partial charge in [0.1, 0.15) is 0 Å². The van der Waals surface area contributed by atoms with Crippen molar-refractivity contribution < 1.29 is 31.1 Å². The van der Waals surface area contributed by atoms with E-state index in [2.05, 4.69) is 27.9 Å². The quantitative estimate of drug-likeness (QED) is 0.290. The summed E-state index contributed by atoms with van der Waals surface area (Å²) in [4.78, 5) is 11.2. The van der Waals surface area contributed by atoms with Crippen molar-refractivity contribution in [3.8, 4) is 0 Å². The normalized spacial score (nSPS) is 15.0. The topological polar surface area (TPSA) is 58.4 Å². The van der Waals surface area contributed by atoms with Crippen molar-refractivity contribution in [3.05, 3.63) is 58.4 Å². The molecule has 0 fully saturated rings. The Hall–Kier alpha value is -2.01. The molecule has 29 heavy (non-hydrogen) atoms. The lowest BCUT2D eigenvalue weighted by Gasteiger charge is -2.31. The minimum atomic E-state index is -4.96. The van der Waals surface area contributed by atoms with E-state index in [9.17, 15) is 31.1 Å². The number of primary amides is 1. The fourth-order valence-electron chi connectivity index (χ4n) is 2.41. The number of alkyl halides is 6. The average Bonchev–Trinajstić information content (AvgIpc) is 2.62.